The van der Waals surface area contributed by atoms with E-state index in [1.54, 1.807) is 0 Å². The third kappa shape index (κ3) is 19.7. The molecule has 29 heavy (non-hydrogen) atoms. The fraction of sp³-hybridized carbons (Fsp3) is 0.731. The predicted octanol–water partition coefficient (Wildman–Crippen LogP) is 6.49. The van der Waals surface area contributed by atoms with Gasteiger partial charge in [0.25, 0.3) is 0 Å². The molecule has 0 amide bonds. The number of carbonyl (C=O) groups excluding carboxylic acids is 1. The Morgan fingerprint density at radius 1 is 0.690 bits per heavy atom. The smallest absolute Gasteiger partial charge is 0.132 e. The second-order valence-corrected chi connectivity index (χ2v) is 9.07. The summed E-state index contributed by atoms with van der Waals surface area (Å²) in [5.41, 5.74) is 1.34. The van der Waals surface area contributed by atoms with Gasteiger partial charge in [-0.25, -0.2) is 0 Å². The zero-order valence-electron chi connectivity index (χ0n) is 19.8. The Balaban J connectivity index is 0.000000651. The molecule has 0 radical (unpaired) electrons. The van der Waals surface area contributed by atoms with E-state index in [0.29, 0.717) is 0 Å². The van der Waals surface area contributed by atoms with Crippen LogP contribution in [-0.2, 0) is 4.79 Å². The highest BCUT2D eigenvalue weighted by Crippen LogP contribution is 2.14. The average molecular weight is 406 g/mol. The van der Waals surface area contributed by atoms with Gasteiger partial charge in [-0.2, -0.15) is 0 Å². The summed E-state index contributed by atoms with van der Waals surface area (Å²) in [5.74, 6) is -0.904. The molecule has 0 N–H and O–H groups in total. The Morgan fingerprint density at radius 2 is 1.07 bits per heavy atom. The number of hydrogen-bond acceptors (Lipinski definition) is 2. The van der Waals surface area contributed by atoms with Crippen LogP contribution in [0.4, 0.5) is 5.69 Å². The molecule has 1 aromatic rings. The number of carboxylic acids is 1. The number of rotatable bonds is 16. The van der Waals surface area contributed by atoms with Gasteiger partial charge in [0, 0.05) is 5.97 Å². The van der Waals surface area contributed by atoms with Crippen molar-refractivity contribution < 1.29 is 9.90 Å². The van der Waals surface area contributed by atoms with Crippen LogP contribution in [0.5, 0.6) is 0 Å². The summed E-state index contributed by atoms with van der Waals surface area (Å²) >= 11 is 0. The Labute approximate surface area is 181 Å². The number of hydrogen-bond donors (Lipinski definition) is 0. The quantitative estimate of drug-likeness (QED) is 0.233. The minimum Gasteiger partial charge on any atom is -0.550 e. The first-order valence-electron chi connectivity index (χ1n) is 11.9. The van der Waals surface area contributed by atoms with Gasteiger partial charge in [-0.3, -0.25) is 4.48 Å². The maximum atomic E-state index is 10.2. The lowest BCUT2D eigenvalue weighted by molar-refractivity contribution is -0.305. The van der Waals surface area contributed by atoms with Gasteiger partial charge in [-0.15, -0.1) is 0 Å². The van der Waals surface area contributed by atoms with Crippen LogP contribution in [0.25, 0.3) is 0 Å². The van der Waals surface area contributed by atoms with Crippen LogP contribution in [0, 0.1) is 0 Å². The molecule has 0 aromatic heterocycles. The lowest BCUT2D eigenvalue weighted by atomic mass is 10.0. The molecule has 0 unspecified atom stereocenters. The topological polar surface area (TPSA) is 40.1 Å². The SMILES string of the molecule is CCCCCCCCCCCCCCCCC(=O)[O-].C[N+](C)(C)c1ccccc1. The Hall–Kier alpha value is -1.35. The van der Waals surface area contributed by atoms with Crippen molar-refractivity contribution in [3.63, 3.8) is 0 Å². The highest BCUT2D eigenvalue weighted by Gasteiger charge is 2.08. The van der Waals surface area contributed by atoms with Crippen molar-refractivity contribution in [2.75, 3.05) is 21.1 Å². The Morgan fingerprint density at radius 3 is 1.38 bits per heavy atom. The molecule has 0 saturated carbocycles. The van der Waals surface area contributed by atoms with E-state index in [9.17, 15) is 9.90 Å². The summed E-state index contributed by atoms with van der Waals surface area (Å²) in [6.07, 6.45) is 18.4. The number of carboxylic acid groups (broad SMARTS) is 1. The summed E-state index contributed by atoms with van der Waals surface area (Å²) in [4.78, 5) is 10.2. The first kappa shape index (κ1) is 27.6. The van der Waals surface area contributed by atoms with Gasteiger partial charge in [-0.05, 0) is 25.0 Å². The molecule has 0 aliphatic rings. The molecule has 0 aliphatic heterocycles. The van der Waals surface area contributed by atoms with E-state index in [1.807, 2.05) is 6.07 Å². The third-order valence-corrected chi connectivity index (χ3v) is 5.27. The van der Waals surface area contributed by atoms with Crippen LogP contribution >= 0.6 is 0 Å². The van der Waals surface area contributed by atoms with Crippen molar-refractivity contribution in [1.29, 1.82) is 0 Å². The van der Waals surface area contributed by atoms with Gasteiger partial charge in [0.1, 0.15) is 5.69 Å². The number of para-hydroxylation sites is 1. The van der Waals surface area contributed by atoms with Gasteiger partial charge in [0.05, 0.1) is 21.1 Å². The van der Waals surface area contributed by atoms with Crippen molar-refractivity contribution in [1.82, 2.24) is 4.48 Å². The monoisotopic (exact) mass is 405 g/mol. The number of aliphatic carboxylic acids is 1. The van der Waals surface area contributed by atoms with E-state index in [1.165, 1.54) is 82.7 Å². The summed E-state index contributed by atoms with van der Waals surface area (Å²) in [7, 11) is 6.49. The van der Waals surface area contributed by atoms with E-state index in [0.717, 1.165) is 17.3 Å². The van der Waals surface area contributed by atoms with Crippen molar-refractivity contribution in [2.45, 2.75) is 103 Å². The molecule has 3 nitrogen and oxygen atoms in total. The molecule has 0 aliphatic carbocycles. The molecule has 0 bridgehead atoms. The zero-order chi connectivity index (χ0) is 21.8. The second-order valence-electron chi connectivity index (χ2n) is 9.07. The largest absolute Gasteiger partial charge is 0.550 e. The maximum Gasteiger partial charge on any atom is 0.132 e. The first-order chi connectivity index (χ1) is 13.9. The molecular weight excluding hydrogens is 358 g/mol. The number of carbonyl (C=O) groups is 1. The lowest BCUT2D eigenvalue weighted by Gasteiger charge is -2.22. The summed E-state index contributed by atoms with van der Waals surface area (Å²) < 4.78 is 0.890. The van der Waals surface area contributed by atoms with E-state index >= 15 is 0 Å². The standard InChI is InChI=1S/C17H34O2.C9H14N/c1-2-3-4-5-6-7-8-9-10-11-12-13-14-15-16-17(18)19;1-10(2,3)9-7-5-4-6-8-9/h2-16H2,1H3,(H,18,19);4-8H,1-3H3/q;+1/p-1. The molecule has 0 saturated heterocycles. The van der Waals surface area contributed by atoms with Crippen LogP contribution < -0.4 is 9.59 Å². The number of unbranched alkanes of at least 4 members (excludes halogenated alkanes) is 13. The minimum atomic E-state index is -0.904. The average Bonchev–Trinajstić information content (AvgIpc) is 2.68. The van der Waals surface area contributed by atoms with E-state index < -0.39 is 5.97 Å². The summed E-state index contributed by atoms with van der Waals surface area (Å²) in [6.45, 7) is 2.26. The molecule has 0 atom stereocenters. The fourth-order valence-corrected chi connectivity index (χ4v) is 3.34. The molecule has 0 fully saturated rings. The van der Waals surface area contributed by atoms with Gasteiger partial charge in [0.2, 0.25) is 0 Å². The van der Waals surface area contributed by atoms with Gasteiger partial charge < -0.3 is 9.90 Å². The molecular formula is C26H47NO2. The third-order valence-electron chi connectivity index (χ3n) is 5.27. The Bertz CT molecular complexity index is 479. The van der Waals surface area contributed by atoms with Crippen molar-refractivity contribution in [3.05, 3.63) is 30.3 Å². The highest BCUT2D eigenvalue weighted by atomic mass is 16.4. The molecule has 168 valence electrons. The summed E-state index contributed by atoms with van der Waals surface area (Å²) in [5, 5.41) is 10.2. The lowest BCUT2D eigenvalue weighted by Crippen LogP contribution is -2.34. The van der Waals surface area contributed by atoms with E-state index in [4.69, 9.17) is 0 Å². The number of nitrogens with zero attached hydrogens (tertiary/aromatic N) is 1. The molecule has 3 heteroatoms. The van der Waals surface area contributed by atoms with Gasteiger partial charge in [0.15, 0.2) is 0 Å². The van der Waals surface area contributed by atoms with Crippen LogP contribution in [0.1, 0.15) is 103 Å². The maximum absolute atomic E-state index is 10.2. The highest BCUT2D eigenvalue weighted by molar-refractivity contribution is 5.64. The number of quaternary nitrogens is 1. The molecule has 1 rings (SSSR count). The minimum absolute atomic E-state index is 0.234. The number of benzene rings is 1. The van der Waals surface area contributed by atoms with Crippen molar-refractivity contribution >= 4 is 11.7 Å². The molecule has 1 aromatic carbocycles. The normalized spacial score (nSPS) is 11.0. The Kier molecular flexibility index (Phi) is 17.8. The zero-order valence-corrected chi connectivity index (χ0v) is 19.8. The molecule has 0 spiro atoms. The van der Waals surface area contributed by atoms with E-state index in [-0.39, 0.29) is 6.42 Å². The first-order valence-corrected chi connectivity index (χ1v) is 11.9. The van der Waals surface area contributed by atoms with E-state index in [2.05, 4.69) is 52.3 Å². The van der Waals surface area contributed by atoms with Gasteiger partial charge in [-0.1, -0.05) is 109 Å². The van der Waals surface area contributed by atoms with Crippen molar-refractivity contribution in [2.24, 2.45) is 0 Å². The molecule has 0 heterocycles. The summed E-state index contributed by atoms with van der Waals surface area (Å²) in [6, 6.07) is 10.5. The van der Waals surface area contributed by atoms with Crippen LogP contribution in [0.2, 0.25) is 0 Å². The predicted molar refractivity (Wildman–Crippen MR) is 126 cm³/mol. The van der Waals surface area contributed by atoms with Crippen molar-refractivity contribution in [3.8, 4) is 0 Å². The van der Waals surface area contributed by atoms with Gasteiger partial charge >= 0.3 is 0 Å². The van der Waals surface area contributed by atoms with Crippen LogP contribution in [0.3, 0.4) is 0 Å². The van der Waals surface area contributed by atoms with Crippen LogP contribution in [0.15, 0.2) is 30.3 Å². The second kappa shape index (κ2) is 18.7. The van der Waals surface area contributed by atoms with Crippen LogP contribution in [-0.4, -0.2) is 27.1 Å². The fourth-order valence-electron chi connectivity index (χ4n) is 3.34.